The van der Waals surface area contributed by atoms with Gasteiger partial charge in [-0.25, -0.2) is 0 Å². The Morgan fingerprint density at radius 3 is 2.30 bits per heavy atom. The second kappa shape index (κ2) is 10.2. The van der Waals surface area contributed by atoms with E-state index in [2.05, 4.69) is 37.3 Å². The Morgan fingerprint density at radius 2 is 1.67 bits per heavy atom. The monoisotopic (exact) mass is 411 g/mol. The topological polar surface area (TPSA) is 114 Å². The second-order valence-electron chi connectivity index (χ2n) is 7.87. The number of ether oxygens (including phenoxy) is 1. The number of benzene rings is 2. The van der Waals surface area contributed by atoms with Crippen molar-refractivity contribution in [1.29, 1.82) is 5.26 Å². The van der Waals surface area contributed by atoms with E-state index in [1.54, 1.807) is 18.2 Å². The minimum atomic E-state index is -1.43. The van der Waals surface area contributed by atoms with Gasteiger partial charge >= 0.3 is 0 Å². The quantitative estimate of drug-likeness (QED) is 0.554. The molecule has 0 aliphatic carbocycles. The highest BCUT2D eigenvalue weighted by Gasteiger charge is 2.44. The molecule has 1 fully saturated rings. The summed E-state index contributed by atoms with van der Waals surface area (Å²) in [5.41, 5.74) is 4.25. The van der Waals surface area contributed by atoms with Crippen molar-refractivity contribution < 1.29 is 25.2 Å². The molecule has 160 valence electrons. The first-order valence-corrected chi connectivity index (χ1v) is 10.4. The van der Waals surface area contributed by atoms with Crippen molar-refractivity contribution in [1.82, 2.24) is 0 Å². The van der Waals surface area contributed by atoms with Crippen molar-refractivity contribution in [3.63, 3.8) is 0 Å². The highest BCUT2D eigenvalue weighted by Crippen LogP contribution is 2.33. The smallest absolute Gasteiger partial charge is 0.113 e. The van der Waals surface area contributed by atoms with E-state index >= 15 is 0 Å². The summed E-state index contributed by atoms with van der Waals surface area (Å²) in [4.78, 5) is 0. The van der Waals surface area contributed by atoms with Gasteiger partial charge in [0.05, 0.1) is 18.2 Å². The van der Waals surface area contributed by atoms with Gasteiger partial charge in [-0.1, -0.05) is 49.7 Å². The molecule has 1 aliphatic rings. The molecule has 1 saturated heterocycles. The van der Waals surface area contributed by atoms with Crippen LogP contribution in [0.3, 0.4) is 0 Å². The van der Waals surface area contributed by atoms with Crippen LogP contribution in [0.2, 0.25) is 0 Å². The highest BCUT2D eigenvalue weighted by molar-refractivity contribution is 5.44. The number of hydrogen-bond acceptors (Lipinski definition) is 6. The highest BCUT2D eigenvalue weighted by atomic mass is 16.5. The summed E-state index contributed by atoms with van der Waals surface area (Å²) in [6, 6.07) is 15.7. The molecule has 0 amide bonds. The van der Waals surface area contributed by atoms with E-state index < -0.39 is 37.1 Å². The predicted molar refractivity (Wildman–Crippen MR) is 112 cm³/mol. The van der Waals surface area contributed by atoms with Crippen molar-refractivity contribution in [2.24, 2.45) is 0 Å². The standard InChI is InChI=1S/C24H29NO5/c1-2-3-4-15-5-7-16(8-6-15)11-19-12-17(9-10-18(19)13-25)24-23(29)22(28)21(27)20(14-26)30-24/h5-10,12,20-24,26-29H,2-4,11,14H2,1H3/t20-,21-,22+,23-,24+/m1/s1. The summed E-state index contributed by atoms with van der Waals surface area (Å²) in [6.07, 6.45) is -2.17. The molecular formula is C24H29NO5. The molecule has 6 heteroatoms. The van der Waals surface area contributed by atoms with E-state index in [-0.39, 0.29) is 0 Å². The van der Waals surface area contributed by atoms with E-state index in [1.165, 1.54) is 5.56 Å². The van der Waals surface area contributed by atoms with Gasteiger partial charge < -0.3 is 25.2 Å². The molecule has 2 aromatic carbocycles. The Hall–Kier alpha value is -2.27. The van der Waals surface area contributed by atoms with Crippen LogP contribution in [0.4, 0.5) is 0 Å². The molecule has 4 N–H and O–H groups in total. The van der Waals surface area contributed by atoms with Crippen LogP contribution in [0.15, 0.2) is 42.5 Å². The molecule has 0 unspecified atom stereocenters. The molecule has 1 heterocycles. The summed E-state index contributed by atoms with van der Waals surface area (Å²) in [6.45, 7) is 1.69. The van der Waals surface area contributed by atoms with Gasteiger partial charge in [0.15, 0.2) is 0 Å². The Bertz CT molecular complexity index is 874. The van der Waals surface area contributed by atoms with Gasteiger partial charge in [-0.05, 0) is 47.6 Å². The van der Waals surface area contributed by atoms with Gasteiger partial charge in [-0.2, -0.15) is 5.26 Å². The number of aliphatic hydroxyl groups excluding tert-OH is 4. The summed E-state index contributed by atoms with van der Waals surface area (Å²) < 4.78 is 5.66. The van der Waals surface area contributed by atoms with Crippen LogP contribution >= 0.6 is 0 Å². The summed E-state index contributed by atoms with van der Waals surface area (Å²) in [5.74, 6) is 0. The van der Waals surface area contributed by atoms with E-state index in [0.717, 1.165) is 30.4 Å². The van der Waals surface area contributed by atoms with Crippen molar-refractivity contribution in [3.8, 4) is 6.07 Å². The van der Waals surface area contributed by atoms with Gasteiger partial charge in [0.25, 0.3) is 0 Å². The van der Waals surface area contributed by atoms with Crippen molar-refractivity contribution in [3.05, 3.63) is 70.3 Å². The zero-order chi connectivity index (χ0) is 21.7. The fourth-order valence-corrected chi connectivity index (χ4v) is 3.85. The molecule has 0 aromatic heterocycles. The molecule has 6 nitrogen and oxygen atoms in total. The number of hydrogen-bond donors (Lipinski definition) is 4. The fraction of sp³-hybridized carbons (Fsp3) is 0.458. The fourth-order valence-electron chi connectivity index (χ4n) is 3.85. The molecule has 0 spiro atoms. The molecule has 0 bridgehead atoms. The van der Waals surface area contributed by atoms with Gasteiger partial charge in [0.2, 0.25) is 0 Å². The summed E-state index contributed by atoms with van der Waals surface area (Å²) in [7, 11) is 0. The first-order chi connectivity index (χ1) is 14.5. The Kier molecular flexibility index (Phi) is 7.59. The Balaban J connectivity index is 1.84. The van der Waals surface area contributed by atoms with E-state index in [9.17, 15) is 25.7 Å². The number of aliphatic hydroxyl groups is 4. The van der Waals surface area contributed by atoms with Crippen LogP contribution in [-0.2, 0) is 17.6 Å². The maximum atomic E-state index is 10.4. The Labute approximate surface area is 177 Å². The third-order valence-corrected chi connectivity index (χ3v) is 5.71. The molecule has 3 rings (SSSR count). The maximum Gasteiger partial charge on any atom is 0.113 e. The molecule has 30 heavy (non-hydrogen) atoms. The van der Waals surface area contributed by atoms with Crippen molar-refractivity contribution >= 4 is 0 Å². The lowest BCUT2D eigenvalue weighted by Crippen LogP contribution is -2.55. The second-order valence-corrected chi connectivity index (χ2v) is 7.87. The lowest BCUT2D eigenvalue weighted by atomic mass is 9.89. The normalized spacial score (nSPS) is 26.3. The SMILES string of the molecule is CCCCc1ccc(Cc2cc([C@@H]3O[C@H](CO)[C@@H](O)[C@H](O)[C@H]3O)ccc2C#N)cc1. The predicted octanol–water partition coefficient (Wildman–Crippen LogP) is 2.01. The minimum absolute atomic E-state index is 0.477. The third kappa shape index (κ3) is 4.89. The maximum absolute atomic E-state index is 10.4. The van der Waals surface area contributed by atoms with E-state index in [0.29, 0.717) is 17.5 Å². The lowest BCUT2D eigenvalue weighted by Gasteiger charge is -2.40. The average molecular weight is 411 g/mol. The molecule has 1 aliphatic heterocycles. The van der Waals surface area contributed by atoms with Gasteiger partial charge in [-0.15, -0.1) is 0 Å². The minimum Gasteiger partial charge on any atom is -0.394 e. The van der Waals surface area contributed by atoms with Gasteiger partial charge in [-0.3, -0.25) is 0 Å². The molecule has 5 atom stereocenters. The Morgan fingerprint density at radius 1 is 0.967 bits per heavy atom. The molecule has 0 saturated carbocycles. The zero-order valence-electron chi connectivity index (χ0n) is 17.1. The number of aryl methyl sites for hydroxylation is 1. The first-order valence-electron chi connectivity index (χ1n) is 10.4. The summed E-state index contributed by atoms with van der Waals surface area (Å²) in [5, 5.41) is 49.4. The number of nitrogens with zero attached hydrogens (tertiary/aromatic N) is 1. The van der Waals surface area contributed by atoms with E-state index in [1.807, 2.05) is 0 Å². The number of unbranched alkanes of at least 4 members (excludes halogenated alkanes) is 1. The van der Waals surface area contributed by atoms with Crippen molar-refractivity contribution in [2.75, 3.05) is 6.61 Å². The van der Waals surface area contributed by atoms with Crippen LogP contribution in [-0.4, -0.2) is 51.4 Å². The van der Waals surface area contributed by atoms with Crippen LogP contribution in [0.25, 0.3) is 0 Å². The first kappa shape index (κ1) is 22.4. The van der Waals surface area contributed by atoms with Gasteiger partial charge in [0, 0.05) is 0 Å². The number of rotatable bonds is 7. The molecule has 2 aromatic rings. The third-order valence-electron chi connectivity index (χ3n) is 5.71. The van der Waals surface area contributed by atoms with Crippen LogP contribution in [0.1, 0.15) is 53.7 Å². The van der Waals surface area contributed by atoms with Crippen LogP contribution in [0.5, 0.6) is 0 Å². The lowest BCUT2D eigenvalue weighted by molar-refractivity contribution is -0.231. The average Bonchev–Trinajstić information content (AvgIpc) is 2.77. The molecular weight excluding hydrogens is 382 g/mol. The van der Waals surface area contributed by atoms with Crippen LogP contribution < -0.4 is 0 Å². The van der Waals surface area contributed by atoms with Crippen LogP contribution in [0, 0.1) is 11.3 Å². The van der Waals surface area contributed by atoms with Gasteiger partial charge in [0.1, 0.15) is 30.5 Å². The summed E-state index contributed by atoms with van der Waals surface area (Å²) >= 11 is 0. The zero-order valence-corrected chi connectivity index (χ0v) is 17.1. The number of nitriles is 1. The van der Waals surface area contributed by atoms with E-state index in [4.69, 9.17) is 4.74 Å². The molecule has 0 radical (unpaired) electrons. The van der Waals surface area contributed by atoms with Crippen molar-refractivity contribution in [2.45, 2.75) is 63.1 Å². The largest absolute Gasteiger partial charge is 0.394 e.